The third-order valence-corrected chi connectivity index (χ3v) is 2.42. The zero-order valence-corrected chi connectivity index (χ0v) is 13.6. The molecule has 1 rings (SSSR count). The Morgan fingerprint density at radius 1 is 1.61 bits per heavy atom. The number of morpholine rings is 1. The van der Waals surface area contributed by atoms with Gasteiger partial charge < -0.3 is 20.1 Å². The highest BCUT2D eigenvalue weighted by molar-refractivity contribution is 14.0. The number of aliphatic imine (C=N–C) groups is 1. The van der Waals surface area contributed by atoms with Gasteiger partial charge in [-0.3, -0.25) is 4.99 Å². The van der Waals surface area contributed by atoms with E-state index in [9.17, 15) is 0 Å². The molecule has 0 aromatic heterocycles. The summed E-state index contributed by atoms with van der Waals surface area (Å²) in [6.07, 6.45) is 0.220. The zero-order valence-electron chi connectivity index (χ0n) is 11.2. The first-order valence-electron chi connectivity index (χ1n) is 5.98. The Hall–Kier alpha value is -0.340. The van der Waals surface area contributed by atoms with Gasteiger partial charge in [0.05, 0.1) is 32.5 Å². The van der Waals surface area contributed by atoms with E-state index in [1.807, 2.05) is 18.7 Å². The normalized spacial score (nSPS) is 20.4. The number of hydrogen-bond donors (Lipinski definition) is 1. The number of halogens is 1. The van der Waals surface area contributed by atoms with Crippen molar-refractivity contribution in [2.45, 2.75) is 20.0 Å². The van der Waals surface area contributed by atoms with Crippen LogP contribution in [0.25, 0.3) is 0 Å². The van der Waals surface area contributed by atoms with Gasteiger partial charge in [0.15, 0.2) is 5.96 Å². The Morgan fingerprint density at radius 3 is 2.94 bits per heavy atom. The van der Waals surface area contributed by atoms with Crippen LogP contribution in [0.1, 0.15) is 13.8 Å². The van der Waals surface area contributed by atoms with Crippen LogP contribution in [0, 0.1) is 0 Å². The predicted molar refractivity (Wildman–Crippen MR) is 84.5 cm³/mol. The monoisotopic (exact) mass is 369 g/mol. The van der Waals surface area contributed by atoms with E-state index < -0.39 is 0 Å². The first-order valence-corrected chi connectivity index (χ1v) is 5.98. The molecule has 1 aliphatic rings. The fraction of sp³-hybridized carbons (Fsp3) is 0.750. The van der Waals surface area contributed by atoms with Gasteiger partial charge in [-0.25, -0.2) is 0 Å². The molecule has 6 heteroatoms. The summed E-state index contributed by atoms with van der Waals surface area (Å²) in [6, 6.07) is 0. The molecule has 106 valence electrons. The van der Waals surface area contributed by atoms with E-state index in [0.717, 1.165) is 18.7 Å². The minimum Gasteiger partial charge on any atom is -0.375 e. The Kier molecular flexibility index (Phi) is 9.39. The first-order chi connectivity index (χ1) is 8.09. The Morgan fingerprint density at radius 2 is 2.33 bits per heavy atom. The number of nitrogens with zero attached hydrogens (tertiary/aromatic N) is 2. The molecule has 0 saturated carbocycles. The second kappa shape index (κ2) is 9.57. The quantitative estimate of drug-likeness (QED) is 0.260. The summed E-state index contributed by atoms with van der Waals surface area (Å²) >= 11 is 0. The van der Waals surface area contributed by atoms with E-state index in [1.54, 1.807) is 0 Å². The highest BCUT2D eigenvalue weighted by Gasteiger charge is 2.17. The second-order valence-corrected chi connectivity index (χ2v) is 4.38. The molecule has 2 N–H and O–H groups in total. The molecule has 1 aliphatic heterocycles. The average molecular weight is 369 g/mol. The van der Waals surface area contributed by atoms with Crippen molar-refractivity contribution < 1.29 is 9.47 Å². The van der Waals surface area contributed by atoms with Crippen molar-refractivity contribution >= 4 is 29.9 Å². The Labute approximate surface area is 126 Å². The summed E-state index contributed by atoms with van der Waals surface area (Å²) in [5.74, 6) is 0.582. The van der Waals surface area contributed by atoms with Crippen molar-refractivity contribution in [3.8, 4) is 0 Å². The van der Waals surface area contributed by atoms with Crippen molar-refractivity contribution in [2.24, 2.45) is 10.7 Å². The van der Waals surface area contributed by atoms with Crippen LogP contribution < -0.4 is 5.73 Å². The Bertz CT molecular complexity index is 284. The van der Waals surface area contributed by atoms with Gasteiger partial charge in [-0.05, 0) is 13.8 Å². The molecule has 0 bridgehead atoms. The molecule has 1 atom stereocenters. The summed E-state index contributed by atoms with van der Waals surface area (Å²) in [5.41, 5.74) is 6.92. The smallest absolute Gasteiger partial charge is 0.191 e. The van der Waals surface area contributed by atoms with Gasteiger partial charge in [0.1, 0.15) is 0 Å². The lowest BCUT2D eigenvalue weighted by molar-refractivity contribution is 0.00525. The largest absolute Gasteiger partial charge is 0.375 e. The summed E-state index contributed by atoms with van der Waals surface area (Å²) in [6.45, 7) is 11.8. The first kappa shape index (κ1) is 17.7. The fourth-order valence-corrected chi connectivity index (χ4v) is 1.60. The zero-order chi connectivity index (χ0) is 12.7. The van der Waals surface area contributed by atoms with Gasteiger partial charge in [0.2, 0.25) is 0 Å². The van der Waals surface area contributed by atoms with E-state index in [4.69, 9.17) is 15.2 Å². The van der Waals surface area contributed by atoms with Crippen molar-refractivity contribution in [1.29, 1.82) is 0 Å². The van der Waals surface area contributed by atoms with E-state index >= 15 is 0 Å². The number of hydrogen-bond acceptors (Lipinski definition) is 3. The number of guanidine groups is 1. The summed E-state index contributed by atoms with van der Waals surface area (Å²) < 4.78 is 10.8. The standard InChI is InChI=1S/C12H23N3O2.HI/c1-10(2)9-16-6-4-14-12(13)15-5-7-17-11(3)8-15;/h11H,1,4-9H2,2-3H3,(H2,13,14);1H. The molecule has 0 amide bonds. The molecule has 0 aromatic rings. The van der Waals surface area contributed by atoms with Crippen LogP contribution in [0.2, 0.25) is 0 Å². The summed E-state index contributed by atoms with van der Waals surface area (Å²) in [5, 5.41) is 0. The molecule has 18 heavy (non-hydrogen) atoms. The van der Waals surface area contributed by atoms with Crippen molar-refractivity contribution in [2.75, 3.05) is 39.5 Å². The topological polar surface area (TPSA) is 60.1 Å². The van der Waals surface area contributed by atoms with Gasteiger partial charge in [-0.1, -0.05) is 12.2 Å². The molecule has 5 nitrogen and oxygen atoms in total. The van der Waals surface area contributed by atoms with Crippen molar-refractivity contribution in [3.63, 3.8) is 0 Å². The maximum absolute atomic E-state index is 5.90. The third-order valence-electron chi connectivity index (χ3n) is 2.42. The van der Waals surface area contributed by atoms with Gasteiger partial charge in [0.25, 0.3) is 0 Å². The molecule has 0 spiro atoms. The minimum atomic E-state index is 0. The van der Waals surface area contributed by atoms with Crippen LogP contribution in [-0.4, -0.2) is 56.4 Å². The van der Waals surface area contributed by atoms with E-state index in [1.165, 1.54) is 0 Å². The molecule has 1 saturated heterocycles. The van der Waals surface area contributed by atoms with Gasteiger partial charge in [-0.15, -0.1) is 24.0 Å². The Balaban J connectivity index is 0.00000289. The molecule has 0 aromatic carbocycles. The molecular formula is C12H24IN3O2. The van der Waals surface area contributed by atoms with Crippen LogP contribution >= 0.6 is 24.0 Å². The van der Waals surface area contributed by atoms with Crippen LogP contribution in [0.3, 0.4) is 0 Å². The molecule has 0 radical (unpaired) electrons. The lowest BCUT2D eigenvalue weighted by Crippen LogP contribution is -2.48. The molecule has 1 unspecified atom stereocenters. The van der Waals surface area contributed by atoms with Gasteiger partial charge >= 0.3 is 0 Å². The van der Waals surface area contributed by atoms with Gasteiger partial charge in [-0.2, -0.15) is 0 Å². The van der Waals surface area contributed by atoms with Crippen LogP contribution in [0.5, 0.6) is 0 Å². The summed E-state index contributed by atoms with van der Waals surface area (Å²) in [4.78, 5) is 6.34. The molecular weight excluding hydrogens is 345 g/mol. The maximum atomic E-state index is 5.90. The lowest BCUT2D eigenvalue weighted by atomic mass is 10.3. The molecule has 1 fully saturated rings. The lowest BCUT2D eigenvalue weighted by Gasteiger charge is -2.31. The van der Waals surface area contributed by atoms with E-state index in [2.05, 4.69) is 11.6 Å². The minimum absolute atomic E-state index is 0. The number of rotatable bonds is 5. The highest BCUT2D eigenvalue weighted by atomic mass is 127. The fourth-order valence-electron chi connectivity index (χ4n) is 1.60. The van der Waals surface area contributed by atoms with E-state index in [0.29, 0.717) is 32.3 Å². The SMILES string of the molecule is C=C(C)COCCN=C(N)N1CCOC(C)C1.I. The average Bonchev–Trinajstić information content (AvgIpc) is 2.28. The molecule has 1 heterocycles. The van der Waals surface area contributed by atoms with Gasteiger partial charge in [0, 0.05) is 13.1 Å². The maximum Gasteiger partial charge on any atom is 0.191 e. The highest BCUT2D eigenvalue weighted by Crippen LogP contribution is 2.03. The van der Waals surface area contributed by atoms with Crippen LogP contribution in [-0.2, 0) is 9.47 Å². The van der Waals surface area contributed by atoms with E-state index in [-0.39, 0.29) is 30.1 Å². The summed E-state index contributed by atoms with van der Waals surface area (Å²) in [7, 11) is 0. The predicted octanol–water partition coefficient (Wildman–Crippen LogP) is 1.23. The van der Waals surface area contributed by atoms with Crippen LogP contribution in [0.4, 0.5) is 0 Å². The van der Waals surface area contributed by atoms with Crippen molar-refractivity contribution in [1.82, 2.24) is 4.90 Å². The number of nitrogens with two attached hydrogens (primary N) is 1. The van der Waals surface area contributed by atoms with Crippen molar-refractivity contribution in [3.05, 3.63) is 12.2 Å². The molecule has 0 aliphatic carbocycles. The number of ether oxygens (including phenoxy) is 2. The van der Waals surface area contributed by atoms with Crippen LogP contribution in [0.15, 0.2) is 17.1 Å². The third kappa shape index (κ3) is 7.17. The second-order valence-electron chi connectivity index (χ2n) is 4.38.